The largest absolute Gasteiger partial charge is 0.345 e. The van der Waals surface area contributed by atoms with E-state index >= 15 is 0 Å². The molecule has 0 bridgehead atoms. The number of aromatic nitrogens is 4. The topological polar surface area (TPSA) is 105 Å². The van der Waals surface area contributed by atoms with Crippen molar-refractivity contribution < 1.29 is 9.59 Å². The van der Waals surface area contributed by atoms with Crippen molar-refractivity contribution in [2.45, 2.75) is 10.9 Å². The number of carbonyl (C=O) groups is 2. The number of amides is 2. The highest BCUT2D eigenvalue weighted by Crippen LogP contribution is 2.18. The normalized spacial score (nSPS) is 10.5. The van der Waals surface area contributed by atoms with Crippen LogP contribution < -0.4 is 10.9 Å². The quantitative estimate of drug-likeness (QED) is 0.421. The van der Waals surface area contributed by atoms with Crippen LogP contribution in [-0.2, 0) is 12.8 Å². The first-order chi connectivity index (χ1) is 12.5. The van der Waals surface area contributed by atoms with Crippen LogP contribution in [0.3, 0.4) is 0 Å². The first-order valence-electron chi connectivity index (χ1n) is 7.52. The molecule has 0 unspecified atom stereocenters. The van der Waals surface area contributed by atoms with Crippen LogP contribution in [0.15, 0.2) is 52.5 Å². The average Bonchev–Trinajstić information content (AvgIpc) is 3.27. The number of aromatic amines is 1. The number of carbonyl (C=O) groups excluding carboxylic acids is 2. The second-order valence-corrected chi connectivity index (χ2v) is 7.22. The molecule has 0 aliphatic carbocycles. The molecule has 2 aromatic heterocycles. The number of aryl methyl sites for hydroxylation is 1. The van der Waals surface area contributed by atoms with Gasteiger partial charge in [-0.05, 0) is 39.7 Å². The molecule has 0 saturated carbocycles. The van der Waals surface area contributed by atoms with Gasteiger partial charge >= 0.3 is 0 Å². The standard InChI is InChI=1S/C16H15BrN6O2S/c1-23-7-12(17)6-13(23)15(25)21-20-14(24)11-4-2-10(3-5-11)8-26-16-18-9-19-22-16/h2-7,9H,8H2,1H3,(H,20,24)(H,21,25)(H,18,19,22). The summed E-state index contributed by atoms with van der Waals surface area (Å²) in [7, 11) is 1.75. The third kappa shape index (κ3) is 4.52. The minimum atomic E-state index is -0.397. The molecule has 3 rings (SSSR count). The van der Waals surface area contributed by atoms with Gasteiger partial charge in [-0.3, -0.25) is 25.5 Å². The Morgan fingerprint density at radius 2 is 1.96 bits per heavy atom. The second-order valence-electron chi connectivity index (χ2n) is 5.34. The first-order valence-corrected chi connectivity index (χ1v) is 9.30. The lowest BCUT2D eigenvalue weighted by atomic mass is 10.1. The van der Waals surface area contributed by atoms with E-state index < -0.39 is 5.91 Å². The number of nitrogens with zero attached hydrogens (tertiary/aromatic N) is 3. The first kappa shape index (κ1) is 18.2. The number of hydrazine groups is 1. The van der Waals surface area contributed by atoms with Crippen molar-refractivity contribution in [3.05, 3.63) is 64.1 Å². The van der Waals surface area contributed by atoms with Crippen molar-refractivity contribution in [3.63, 3.8) is 0 Å². The van der Waals surface area contributed by atoms with Gasteiger partial charge in [0.15, 0.2) is 5.16 Å². The van der Waals surface area contributed by atoms with Gasteiger partial charge in [0.1, 0.15) is 12.0 Å². The van der Waals surface area contributed by atoms with E-state index in [-0.39, 0.29) is 5.91 Å². The molecule has 0 fully saturated rings. The molecule has 0 spiro atoms. The van der Waals surface area contributed by atoms with E-state index in [9.17, 15) is 9.59 Å². The van der Waals surface area contributed by atoms with Gasteiger partial charge in [-0.1, -0.05) is 23.9 Å². The Bertz CT molecular complexity index is 907. The van der Waals surface area contributed by atoms with Crippen LogP contribution in [0, 0.1) is 0 Å². The monoisotopic (exact) mass is 434 g/mol. The van der Waals surface area contributed by atoms with Crippen molar-refractivity contribution in [3.8, 4) is 0 Å². The molecule has 8 nitrogen and oxygen atoms in total. The minimum Gasteiger partial charge on any atom is -0.345 e. The van der Waals surface area contributed by atoms with Crippen LogP contribution in [-0.4, -0.2) is 31.6 Å². The molecule has 134 valence electrons. The molecule has 0 atom stereocenters. The Kier molecular flexibility index (Phi) is 5.74. The number of hydrogen-bond donors (Lipinski definition) is 3. The SMILES string of the molecule is Cn1cc(Br)cc1C(=O)NNC(=O)c1ccc(CSc2ncn[nH]2)cc1. The molecule has 0 saturated heterocycles. The fraction of sp³-hybridized carbons (Fsp3) is 0.125. The van der Waals surface area contributed by atoms with Gasteiger partial charge in [0.25, 0.3) is 11.8 Å². The van der Waals surface area contributed by atoms with Crippen molar-refractivity contribution >= 4 is 39.5 Å². The fourth-order valence-electron chi connectivity index (χ4n) is 2.17. The summed E-state index contributed by atoms with van der Waals surface area (Å²) in [6, 6.07) is 8.79. The van der Waals surface area contributed by atoms with Crippen molar-refractivity contribution in [2.24, 2.45) is 7.05 Å². The lowest BCUT2D eigenvalue weighted by Gasteiger charge is -2.08. The van der Waals surface area contributed by atoms with Gasteiger partial charge in [0.2, 0.25) is 0 Å². The highest BCUT2D eigenvalue weighted by Gasteiger charge is 2.12. The van der Waals surface area contributed by atoms with E-state index in [1.807, 2.05) is 12.1 Å². The van der Waals surface area contributed by atoms with Crippen LogP contribution in [0.2, 0.25) is 0 Å². The van der Waals surface area contributed by atoms with Gasteiger partial charge < -0.3 is 4.57 Å². The lowest BCUT2D eigenvalue weighted by molar-refractivity contribution is 0.0842. The third-order valence-corrected chi connectivity index (χ3v) is 4.86. The molecule has 3 N–H and O–H groups in total. The molecular weight excluding hydrogens is 420 g/mol. The fourth-order valence-corrected chi connectivity index (χ4v) is 3.43. The highest BCUT2D eigenvalue weighted by molar-refractivity contribution is 9.10. The molecular formula is C16H15BrN6O2S. The Hall–Kier alpha value is -2.59. The molecule has 10 heteroatoms. The van der Waals surface area contributed by atoms with Crippen molar-refractivity contribution in [2.75, 3.05) is 0 Å². The van der Waals surface area contributed by atoms with E-state index in [0.717, 1.165) is 15.2 Å². The summed E-state index contributed by atoms with van der Waals surface area (Å²) in [6.07, 6.45) is 3.21. The molecule has 0 aliphatic rings. The summed E-state index contributed by atoms with van der Waals surface area (Å²) < 4.78 is 2.45. The average molecular weight is 435 g/mol. The smallest absolute Gasteiger partial charge is 0.286 e. The highest BCUT2D eigenvalue weighted by atomic mass is 79.9. The number of rotatable bonds is 5. The molecule has 3 aromatic rings. The van der Waals surface area contributed by atoms with Crippen LogP contribution >= 0.6 is 27.7 Å². The zero-order valence-corrected chi connectivity index (χ0v) is 16.1. The second kappa shape index (κ2) is 8.19. The van der Waals surface area contributed by atoms with Gasteiger partial charge in [-0.15, -0.1) is 0 Å². The predicted molar refractivity (Wildman–Crippen MR) is 100 cm³/mol. The number of hydrogen-bond acceptors (Lipinski definition) is 5. The predicted octanol–water partition coefficient (Wildman–Crippen LogP) is 2.27. The third-order valence-electron chi connectivity index (χ3n) is 3.48. The summed E-state index contributed by atoms with van der Waals surface area (Å²) in [6.45, 7) is 0. The Morgan fingerprint density at radius 3 is 2.58 bits per heavy atom. The maximum absolute atomic E-state index is 12.2. The van der Waals surface area contributed by atoms with E-state index in [2.05, 4.69) is 42.0 Å². The Morgan fingerprint density at radius 1 is 1.23 bits per heavy atom. The van der Waals surface area contributed by atoms with E-state index in [0.29, 0.717) is 17.0 Å². The number of H-pyrrole nitrogens is 1. The van der Waals surface area contributed by atoms with Gasteiger partial charge in [-0.25, -0.2) is 4.98 Å². The van der Waals surface area contributed by atoms with Crippen molar-refractivity contribution in [1.29, 1.82) is 0 Å². The van der Waals surface area contributed by atoms with Crippen LogP contribution in [0.5, 0.6) is 0 Å². The Balaban J connectivity index is 1.53. The zero-order chi connectivity index (χ0) is 18.5. The van der Waals surface area contributed by atoms with Crippen LogP contribution in [0.25, 0.3) is 0 Å². The molecule has 26 heavy (non-hydrogen) atoms. The van der Waals surface area contributed by atoms with Gasteiger partial charge in [0.05, 0.1) is 0 Å². The summed E-state index contributed by atoms with van der Waals surface area (Å²) in [5.41, 5.74) is 6.74. The van der Waals surface area contributed by atoms with Gasteiger partial charge in [-0.2, -0.15) is 5.10 Å². The number of nitrogens with one attached hydrogen (secondary N) is 3. The lowest BCUT2D eigenvalue weighted by Crippen LogP contribution is -2.42. The summed E-state index contributed by atoms with van der Waals surface area (Å²) in [5, 5.41) is 7.30. The molecule has 2 heterocycles. The van der Waals surface area contributed by atoms with E-state index in [4.69, 9.17) is 0 Å². The van der Waals surface area contributed by atoms with Crippen molar-refractivity contribution in [1.82, 2.24) is 30.6 Å². The molecule has 0 radical (unpaired) electrons. The number of benzene rings is 1. The number of thioether (sulfide) groups is 1. The maximum Gasteiger partial charge on any atom is 0.286 e. The summed E-state index contributed by atoms with van der Waals surface area (Å²) >= 11 is 4.82. The summed E-state index contributed by atoms with van der Waals surface area (Å²) in [5.74, 6) is -0.0800. The van der Waals surface area contributed by atoms with Crippen LogP contribution in [0.1, 0.15) is 26.4 Å². The van der Waals surface area contributed by atoms with E-state index in [1.54, 1.807) is 36.0 Å². The summed E-state index contributed by atoms with van der Waals surface area (Å²) in [4.78, 5) is 28.3. The molecule has 2 amide bonds. The molecule has 1 aromatic carbocycles. The van der Waals surface area contributed by atoms with Crippen LogP contribution in [0.4, 0.5) is 0 Å². The van der Waals surface area contributed by atoms with E-state index in [1.165, 1.54) is 18.1 Å². The number of halogens is 1. The van der Waals surface area contributed by atoms with Gasteiger partial charge in [0, 0.05) is 29.0 Å². The zero-order valence-electron chi connectivity index (χ0n) is 13.7. The minimum absolute atomic E-state index is 0.388. The molecule has 0 aliphatic heterocycles. The Labute approximate surface area is 161 Å². The maximum atomic E-state index is 12.2.